The van der Waals surface area contributed by atoms with Crippen LogP contribution in [0.15, 0.2) is 55.9 Å². The van der Waals surface area contributed by atoms with Crippen molar-refractivity contribution in [1.29, 1.82) is 5.26 Å². The summed E-state index contributed by atoms with van der Waals surface area (Å²) in [7, 11) is -1.34. The first-order valence-electron chi connectivity index (χ1n) is 9.32. The molecule has 8 heteroatoms. The maximum Gasteiger partial charge on any atom is 0.261 e. The van der Waals surface area contributed by atoms with E-state index in [-0.39, 0.29) is 12.1 Å². The number of H-pyrrole nitrogens is 1. The molecule has 1 heterocycles. The second-order valence-corrected chi connectivity index (χ2v) is 8.94. The molecule has 0 radical (unpaired) electrons. The minimum absolute atomic E-state index is 0.0899. The van der Waals surface area contributed by atoms with Crippen molar-refractivity contribution in [2.45, 2.75) is 30.6 Å². The molecule has 1 atom stereocenters. The van der Waals surface area contributed by atoms with Crippen molar-refractivity contribution in [2.24, 2.45) is 4.36 Å². The van der Waals surface area contributed by atoms with Gasteiger partial charge in [0.25, 0.3) is 11.5 Å². The van der Waals surface area contributed by atoms with Crippen LogP contribution in [0.5, 0.6) is 0 Å². The van der Waals surface area contributed by atoms with E-state index in [0.717, 1.165) is 36.9 Å². The van der Waals surface area contributed by atoms with Gasteiger partial charge < -0.3 is 10.3 Å². The fourth-order valence-corrected chi connectivity index (χ4v) is 4.61. The quantitative estimate of drug-likeness (QED) is 0.788. The van der Waals surface area contributed by atoms with Crippen LogP contribution in [0.25, 0.3) is 0 Å². The van der Waals surface area contributed by atoms with Crippen molar-refractivity contribution in [1.82, 2.24) is 10.3 Å². The second-order valence-electron chi connectivity index (χ2n) is 6.69. The normalized spacial score (nSPS) is 15.2. The number of nitriles is 1. The van der Waals surface area contributed by atoms with Crippen LogP contribution in [0.2, 0.25) is 0 Å². The highest BCUT2D eigenvalue weighted by Gasteiger charge is 2.16. The van der Waals surface area contributed by atoms with Crippen LogP contribution in [0, 0.1) is 11.3 Å². The minimum atomic E-state index is -2.80. The van der Waals surface area contributed by atoms with Gasteiger partial charge in [0.05, 0.1) is 26.3 Å². The first kappa shape index (κ1) is 20.6. The van der Waals surface area contributed by atoms with E-state index in [4.69, 9.17) is 5.26 Å². The molecule has 2 N–H and O–H groups in total. The van der Waals surface area contributed by atoms with Gasteiger partial charge in [-0.1, -0.05) is 6.08 Å². The van der Waals surface area contributed by atoms with Crippen molar-refractivity contribution >= 4 is 15.6 Å². The van der Waals surface area contributed by atoms with E-state index in [1.165, 1.54) is 12.5 Å². The van der Waals surface area contributed by atoms with Gasteiger partial charge in [-0.3, -0.25) is 9.59 Å². The molecule has 1 aromatic carbocycles. The van der Waals surface area contributed by atoms with E-state index in [2.05, 4.69) is 14.7 Å². The molecule has 7 nitrogen and oxygen atoms in total. The molecular weight excluding hydrogens is 388 g/mol. The number of rotatable bonds is 5. The van der Waals surface area contributed by atoms with Gasteiger partial charge in [0.2, 0.25) is 0 Å². The van der Waals surface area contributed by atoms with Crippen molar-refractivity contribution in [2.75, 3.05) is 13.6 Å². The number of aromatic nitrogens is 1. The van der Waals surface area contributed by atoms with Gasteiger partial charge in [0.1, 0.15) is 5.56 Å². The third kappa shape index (κ3) is 4.63. The summed E-state index contributed by atoms with van der Waals surface area (Å²) in [5, 5.41) is 13.0. The minimum Gasteiger partial charge on any atom is -0.348 e. The molecule has 1 aliphatic rings. The molecule has 150 valence electrons. The Bertz CT molecular complexity index is 1160. The molecule has 1 amide bonds. The number of hydrogen-bond acceptors (Lipinski definition) is 5. The Morgan fingerprint density at radius 3 is 2.72 bits per heavy atom. The largest absolute Gasteiger partial charge is 0.348 e. The molecule has 0 saturated carbocycles. The van der Waals surface area contributed by atoms with Gasteiger partial charge >= 0.3 is 0 Å². The summed E-state index contributed by atoms with van der Waals surface area (Å²) in [4.78, 5) is 27.9. The number of nitrogens with one attached hydrogen (secondary N) is 2. The monoisotopic (exact) mass is 410 g/mol. The zero-order chi connectivity index (χ0) is 20.9. The number of aromatic amines is 1. The average Bonchev–Trinajstić information content (AvgIpc) is 2.76. The summed E-state index contributed by atoms with van der Waals surface area (Å²) in [5.74, 6) is -0.470. The fourth-order valence-electron chi connectivity index (χ4n) is 3.24. The van der Waals surface area contributed by atoms with Gasteiger partial charge in [0, 0.05) is 24.7 Å². The van der Waals surface area contributed by atoms with Gasteiger partial charge in [-0.25, -0.2) is 8.57 Å². The van der Waals surface area contributed by atoms with E-state index in [9.17, 15) is 13.8 Å². The van der Waals surface area contributed by atoms with E-state index < -0.39 is 21.2 Å². The number of nitrogens with zero attached hydrogens (tertiary/aromatic N) is 2. The topological polar surface area (TPSA) is 115 Å². The SMILES string of the molecule is CN=S(=O)(/C=C/CNC(=O)c1cc2c([nH]c1=O)CCCC2)c1ccc(C#N)cc1. The van der Waals surface area contributed by atoms with Crippen molar-refractivity contribution in [3.05, 3.63) is 74.6 Å². The maximum atomic E-state index is 13.0. The maximum absolute atomic E-state index is 13.0. The molecule has 0 fully saturated rings. The lowest BCUT2D eigenvalue weighted by Crippen LogP contribution is -2.31. The van der Waals surface area contributed by atoms with Crippen LogP contribution in [0.4, 0.5) is 0 Å². The number of carbonyl (C=O) groups excluding carboxylic acids is 1. The first-order chi connectivity index (χ1) is 14.0. The van der Waals surface area contributed by atoms with Gasteiger partial charge in [-0.2, -0.15) is 5.26 Å². The Morgan fingerprint density at radius 1 is 1.31 bits per heavy atom. The van der Waals surface area contributed by atoms with E-state index in [1.54, 1.807) is 36.4 Å². The number of carbonyl (C=O) groups is 1. The van der Waals surface area contributed by atoms with Crippen LogP contribution in [-0.4, -0.2) is 28.7 Å². The highest BCUT2D eigenvalue weighted by atomic mass is 32.2. The molecule has 1 aliphatic carbocycles. The number of aryl methyl sites for hydroxylation is 2. The first-order valence-corrected chi connectivity index (χ1v) is 10.9. The van der Waals surface area contributed by atoms with E-state index in [1.807, 2.05) is 6.07 Å². The van der Waals surface area contributed by atoms with Crippen molar-refractivity contribution in [3.63, 3.8) is 0 Å². The average molecular weight is 410 g/mol. The molecular formula is C21H22N4O3S. The number of pyridine rings is 1. The predicted octanol–water partition coefficient (Wildman–Crippen LogP) is 2.53. The van der Waals surface area contributed by atoms with Crippen LogP contribution < -0.4 is 10.9 Å². The van der Waals surface area contributed by atoms with E-state index >= 15 is 0 Å². The molecule has 1 unspecified atom stereocenters. The lowest BCUT2D eigenvalue weighted by molar-refractivity contribution is 0.0956. The summed E-state index contributed by atoms with van der Waals surface area (Å²) in [6, 6.07) is 10.0. The summed E-state index contributed by atoms with van der Waals surface area (Å²) in [6.07, 6.45) is 5.34. The lowest BCUT2D eigenvalue weighted by atomic mass is 9.95. The molecule has 29 heavy (non-hydrogen) atoms. The molecule has 0 aliphatic heterocycles. The van der Waals surface area contributed by atoms with Crippen molar-refractivity contribution < 1.29 is 9.00 Å². The Labute approximate surface area is 169 Å². The Hall–Kier alpha value is -3.18. The lowest BCUT2D eigenvalue weighted by Gasteiger charge is -2.15. The highest BCUT2D eigenvalue weighted by Crippen LogP contribution is 2.18. The predicted molar refractivity (Wildman–Crippen MR) is 111 cm³/mol. The van der Waals surface area contributed by atoms with Gasteiger partial charge in [0.15, 0.2) is 0 Å². The molecule has 2 aromatic rings. The third-order valence-electron chi connectivity index (χ3n) is 4.84. The summed E-state index contributed by atoms with van der Waals surface area (Å²) in [5.41, 5.74) is 2.11. The van der Waals surface area contributed by atoms with Crippen LogP contribution in [0.3, 0.4) is 0 Å². The number of fused-ring (bicyclic) bond motifs is 1. The summed E-state index contributed by atoms with van der Waals surface area (Å²) in [6.45, 7) is 0.109. The summed E-state index contributed by atoms with van der Waals surface area (Å²) < 4.78 is 17.0. The fraction of sp³-hybridized carbons (Fsp3) is 0.286. The van der Waals surface area contributed by atoms with Gasteiger partial charge in [-0.05, 0) is 61.6 Å². The second kappa shape index (κ2) is 8.88. The Morgan fingerprint density at radius 2 is 2.03 bits per heavy atom. The number of hydrogen-bond donors (Lipinski definition) is 2. The molecule has 1 aromatic heterocycles. The summed E-state index contributed by atoms with van der Waals surface area (Å²) >= 11 is 0. The Balaban J connectivity index is 1.69. The smallest absolute Gasteiger partial charge is 0.261 e. The molecule has 3 rings (SSSR count). The van der Waals surface area contributed by atoms with Crippen molar-refractivity contribution in [3.8, 4) is 6.07 Å². The number of benzene rings is 1. The zero-order valence-electron chi connectivity index (χ0n) is 16.1. The number of amides is 1. The van der Waals surface area contributed by atoms with Gasteiger partial charge in [-0.15, -0.1) is 0 Å². The standard InChI is InChI=1S/C21H22N4O3S/c1-23-29(28,17-9-7-15(14-22)8-10-17)12-4-11-24-20(26)18-13-16-5-2-3-6-19(16)25-21(18)27/h4,7-10,12-13H,2-3,5-6,11H2,1H3,(H,24,26)(H,25,27)/b12-4+. The van der Waals surface area contributed by atoms with Crippen LogP contribution >= 0.6 is 0 Å². The third-order valence-corrected chi connectivity index (χ3v) is 6.89. The molecule has 0 saturated heterocycles. The Kier molecular flexibility index (Phi) is 6.29. The van der Waals surface area contributed by atoms with E-state index in [0.29, 0.717) is 10.5 Å². The van der Waals surface area contributed by atoms with Crippen LogP contribution in [0.1, 0.15) is 40.0 Å². The zero-order valence-corrected chi connectivity index (χ0v) is 16.9. The van der Waals surface area contributed by atoms with Crippen LogP contribution in [-0.2, 0) is 22.6 Å². The molecule has 0 spiro atoms. The highest BCUT2D eigenvalue weighted by molar-refractivity contribution is 7.96. The molecule has 0 bridgehead atoms.